The van der Waals surface area contributed by atoms with Gasteiger partial charge in [0, 0.05) is 25.8 Å². The van der Waals surface area contributed by atoms with E-state index in [-0.39, 0.29) is 22.5 Å². The number of nitrogens with two attached hydrogens (primary N) is 1. The number of nitrogen functional groups attached to an aromatic ring is 1. The number of carboxylic acids is 1. The zero-order chi connectivity index (χ0) is 25.7. The number of nitrogens with one attached hydrogen (secondary N) is 1. The number of ether oxygens (including phenoxy) is 1. The molecule has 1 unspecified atom stereocenters. The highest BCUT2D eigenvalue weighted by Gasteiger charge is 2.43. The third-order valence-electron chi connectivity index (χ3n) is 8.41. The van der Waals surface area contributed by atoms with Crippen molar-refractivity contribution >= 4 is 28.2 Å². The van der Waals surface area contributed by atoms with Gasteiger partial charge in [0.25, 0.3) is 0 Å². The van der Waals surface area contributed by atoms with Crippen LogP contribution in [0.25, 0.3) is 10.9 Å². The van der Waals surface area contributed by atoms with Gasteiger partial charge < -0.3 is 30.4 Å². The van der Waals surface area contributed by atoms with Crippen molar-refractivity contribution in [2.75, 3.05) is 43.8 Å². The molecule has 1 aromatic heterocycles. The summed E-state index contributed by atoms with van der Waals surface area (Å²) in [6.07, 6.45) is 6.00. The Bertz CT molecular complexity index is 1430. The minimum absolute atomic E-state index is 0.117. The van der Waals surface area contributed by atoms with E-state index in [0.29, 0.717) is 24.6 Å². The van der Waals surface area contributed by atoms with Crippen LogP contribution in [0.5, 0.6) is 5.75 Å². The van der Waals surface area contributed by atoms with Gasteiger partial charge in [-0.2, -0.15) is 0 Å². The van der Waals surface area contributed by atoms with Crippen molar-refractivity contribution in [3.8, 4) is 5.75 Å². The molecule has 3 aromatic rings. The van der Waals surface area contributed by atoms with Gasteiger partial charge in [0.2, 0.25) is 5.43 Å². The van der Waals surface area contributed by atoms with Crippen molar-refractivity contribution in [3.63, 3.8) is 0 Å². The molecule has 0 bridgehead atoms. The fourth-order valence-corrected chi connectivity index (χ4v) is 6.44. The van der Waals surface area contributed by atoms with Gasteiger partial charge in [0.15, 0.2) is 11.6 Å². The summed E-state index contributed by atoms with van der Waals surface area (Å²) in [5, 5.41) is 12.8. The number of likely N-dealkylation sites (tertiary alicyclic amines) is 1. The van der Waals surface area contributed by atoms with Crippen molar-refractivity contribution < 1.29 is 19.0 Å². The summed E-state index contributed by atoms with van der Waals surface area (Å²) in [7, 11) is 0. The molecule has 4 N–H and O–H groups in total. The first-order chi connectivity index (χ1) is 17.9. The van der Waals surface area contributed by atoms with Crippen LogP contribution in [0.15, 0.2) is 41.3 Å². The van der Waals surface area contributed by atoms with Crippen LogP contribution in [-0.2, 0) is 5.54 Å². The van der Waals surface area contributed by atoms with Gasteiger partial charge in [-0.05, 0) is 37.3 Å². The molecule has 2 aliphatic heterocycles. The molecule has 2 fully saturated rings. The number of aromatic nitrogens is 1. The van der Waals surface area contributed by atoms with Gasteiger partial charge in [-0.15, -0.1) is 0 Å². The SMILES string of the molecule is Nc1c(F)c(NCCN2CCC(c3ccccc3)C2)c2c3c1c(=O)c(C(=O)O)cn3C1(CCCC1)CO2. The summed E-state index contributed by atoms with van der Waals surface area (Å²) in [5.41, 5.74) is 6.04. The third-order valence-corrected chi connectivity index (χ3v) is 8.41. The summed E-state index contributed by atoms with van der Waals surface area (Å²) in [5.74, 6) is -1.41. The number of carbonyl (C=O) groups is 1. The Labute approximate surface area is 213 Å². The zero-order valence-electron chi connectivity index (χ0n) is 20.6. The molecular formula is C28H31FN4O4. The van der Waals surface area contributed by atoms with E-state index in [2.05, 4.69) is 34.5 Å². The number of benzene rings is 2. The molecule has 0 amide bonds. The van der Waals surface area contributed by atoms with Crippen molar-refractivity contribution in [1.29, 1.82) is 0 Å². The number of halogens is 1. The standard InChI is InChI=1S/C28H31FN4O4/c29-21-22(30)20-24-26(23(21)31-11-13-32-12-8-18(14-32)17-6-2-1-3-7-17)37-16-28(9-4-5-10-28)33(24)15-19(25(20)34)27(35)36/h1-3,6-7,15,18,31H,4-5,8-14,16,30H2,(H,35,36). The van der Waals surface area contributed by atoms with Crippen molar-refractivity contribution in [2.24, 2.45) is 0 Å². The van der Waals surface area contributed by atoms with E-state index in [4.69, 9.17) is 10.5 Å². The van der Waals surface area contributed by atoms with Crippen molar-refractivity contribution in [2.45, 2.75) is 43.6 Å². The van der Waals surface area contributed by atoms with Crippen LogP contribution in [0, 0.1) is 5.82 Å². The summed E-state index contributed by atoms with van der Waals surface area (Å²) < 4.78 is 23.6. The first-order valence-electron chi connectivity index (χ1n) is 13.0. The Morgan fingerprint density at radius 3 is 2.73 bits per heavy atom. The molecule has 0 radical (unpaired) electrons. The van der Waals surface area contributed by atoms with E-state index < -0.39 is 28.3 Å². The predicted molar refractivity (Wildman–Crippen MR) is 140 cm³/mol. The predicted octanol–water partition coefficient (Wildman–Crippen LogP) is 3.98. The molecule has 3 aliphatic rings. The van der Waals surface area contributed by atoms with Gasteiger partial charge in [-0.1, -0.05) is 43.2 Å². The summed E-state index contributed by atoms with van der Waals surface area (Å²) in [6, 6.07) is 10.5. The molecule has 3 heterocycles. The second kappa shape index (κ2) is 9.06. The first-order valence-corrected chi connectivity index (χ1v) is 13.0. The summed E-state index contributed by atoms with van der Waals surface area (Å²) in [6.45, 7) is 3.39. The molecule has 2 aromatic carbocycles. The van der Waals surface area contributed by atoms with E-state index >= 15 is 4.39 Å². The van der Waals surface area contributed by atoms with Crippen molar-refractivity contribution in [1.82, 2.24) is 9.47 Å². The number of rotatable bonds is 6. The maximum atomic E-state index is 15.6. The van der Waals surface area contributed by atoms with Gasteiger partial charge in [-0.25, -0.2) is 9.18 Å². The lowest BCUT2D eigenvalue weighted by molar-refractivity contribution is 0.0692. The second-order valence-corrected chi connectivity index (χ2v) is 10.5. The van der Waals surface area contributed by atoms with E-state index in [0.717, 1.165) is 51.7 Å². The fourth-order valence-electron chi connectivity index (χ4n) is 6.44. The highest BCUT2D eigenvalue weighted by atomic mass is 19.1. The molecule has 9 heteroatoms. The molecule has 8 nitrogen and oxygen atoms in total. The molecule has 37 heavy (non-hydrogen) atoms. The molecule has 194 valence electrons. The molecule has 1 spiro atoms. The number of hydrogen-bond acceptors (Lipinski definition) is 6. The van der Waals surface area contributed by atoms with E-state index in [1.54, 1.807) is 0 Å². The van der Waals surface area contributed by atoms with Crippen LogP contribution in [-0.4, -0.2) is 53.3 Å². The zero-order valence-corrected chi connectivity index (χ0v) is 20.6. The van der Waals surface area contributed by atoms with Crippen LogP contribution in [0.1, 0.15) is 53.9 Å². The van der Waals surface area contributed by atoms with Gasteiger partial charge in [0.1, 0.15) is 17.9 Å². The largest absolute Gasteiger partial charge is 0.487 e. The first kappa shape index (κ1) is 23.8. The van der Waals surface area contributed by atoms with Crippen LogP contribution >= 0.6 is 0 Å². The molecule has 1 aliphatic carbocycles. The Balaban J connectivity index is 1.32. The Hall–Kier alpha value is -3.59. The van der Waals surface area contributed by atoms with Crippen LogP contribution in [0.3, 0.4) is 0 Å². The Morgan fingerprint density at radius 1 is 1.24 bits per heavy atom. The minimum atomic E-state index is -1.35. The number of carboxylic acid groups (broad SMARTS) is 1. The molecular weight excluding hydrogens is 475 g/mol. The Morgan fingerprint density at radius 2 is 2.00 bits per heavy atom. The normalized spacial score (nSPS) is 20.4. The lowest BCUT2D eigenvalue weighted by atomic mass is 9.93. The lowest BCUT2D eigenvalue weighted by Crippen LogP contribution is -2.42. The molecule has 6 rings (SSSR count). The molecule has 1 saturated heterocycles. The second-order valence-electron chi connectivity index (χ2n) is 10.5. The van der Waals surface area contributed by atoms with E-state index in [9.17, 15) is 14.7 Å². The number of fused-ring (bicyclic) bond motifs is 1. The topological polar surface area (TPSA) is 110 Å². The van der Waals surface area contributed by atoms with Gasteiger partial charge >= 0.3 is 5.97 Å². The number of hydrogen-bond donors (Lipinski definition) is 3. The molecule has 1 saturated carbocycles. The van der Waals surface area contributed by atoms with E-state index in [1.807, 2.05) is 10.6 Å². The van der Waals surface area contributed by atoms with Crippen molar-refractivity contribution in [3.05, 3.63) is 63.7 Å². The maximum Gasteiger partial charge on any atom is 0.341 e. The van der Waals surface area contributed by atoms with Gasteiger partial charge in [-0.3, -0.25) is 4.79 Å². The van der Waals surface area contributed by atoms with E-state index in [1.165, 1.54) is 11.8 Å². The third kappa shape index (κ3) is 3.83. The summed E-state index contributed by atoms with van der Waals surface area (Å²) in [4.78, 5) is 27.4. The average Bonchev–Trinajstić information content (AvgIpc) is 3.57. The van der Waals surface area contributed by atoms with Gasteiger partial charge in [0.05, 0.1) is 22.1 Å². The fraction of sp³-hybridized carbons (Fsp3) is 0.429. The lowest BCUT2D eigenvalue weighted by Gasteiger charge is -2.39. The minimum Gasteiger partial charge on any atom is -0.487 e. The summed E-state index contributed by atoms with van der Waals surface area (Å²) >= 11 is 0. The van der Waals surface area contributed by atoms with Crippen LogP contribution < -0.4 is 21.2 Å². The van der Waals surface area contributed by atoms with Crippen LogP contribution in [0.2, 0.25) is 0 Å². The number of aromatic carboxylic acids is 1. The smallest absolute Gasteiger partial charge is 0.341 e. The number of anilines is 2. The highest BCUT2D eigenvalue weighted by Crippen LogP contribution is 2.48. The quantitative estimate of drug-likeness (QED) is 0.434. The Kier molecular flexibility index (Phi) is 5.82. The monoisotopic (exact) mass is 506 g/mol. The maximum absolute atomic E-state index is 15.6. The number of nitrogens with zero attached hydrogens (tertiary/aromatic N) is 2. The highest BCUT2D eigenvalue weighted by molar-refractivity contribution is 6.03. The molecule has 1 atom stereocenters. The number of pyridine rings is 1. The average molecular weight is 507 g/mol. The van der Waals surface area contributed by atoms with Crippen LogP contribution in [0.4, 0.5) is 15.8 Å².